The van der Waals surface area contributed by atoms with E-state index in [1.807, 2.05) is 0 Å². The molecule has 0 aliphatic carbocycles. The van der Waals surface area contributed by atoms with Gasteiger partial charge in [0, 0.05) is 0 Å². The number of rotatable bonds is 4. The Morgan fingerprint density at radius 1 is 1.25 bits per heavy atom. The Morgan fingerprint density at radius 3 is 2.31 bits per heavy atom. The average Bonchev–Trinajstić information content (AvgIpc) is 2.15. The molecule has 1 N–H and O–H groups in total. The summed E-state index contributed by atoms with van der Waals surface area (Å²) in [6.45, 7) is -1.84. The van der Waals surface area contributed by atoms with Gasteiger partial charge < -0.3 is 4.52 Å². The van der Waals surface area contributed by atoms with E-state index in [0.29, 0.717) is 0 Å². The van der Waals surface area contributed by atoms with Crippen LogP contribution in [0.1, 0.15) is 0 Å². The molecule has 0 aliphatic heterocycles. The van der Waals surface area contributed by atoms with Gasteiger partial charge in [-0.2, -0.15) is 13.2 Å². The van der Waals surface area contributed by atoms with E-state index in [-0.39, 0.29) is 5.75 Å². The average molecular weight is 256 g/mol. The molecule has 0 radical (unpaired) electrons. The fourth-order valence-electron chi connectivity index (χ4n) is 0.796. The van der Waals surface area contributed by atoms with Crippen molar-refractivity contribution < 1.29 is 31.7 Å². The first-order valence-electron chi connectivity index (χ1n) is 4.07. The normalized spacial score (nSPS) is 15.5. The van der Waals surface area contributed by atoms with Crippen LogP contribution < -0.4 is 4.52 Å². The van der Waals surface area contributed by atoms with Crippen LogP contribution >= 0.6 is 7.82 Å². The summed E-state index contributed by atoms with van der Waals surface area (Å²) < 4.78 is 54.3. The summed E-state index contributed by atoms with van der Waals surface area (Å²) in [5, 5.41) is 0. The first-order chi connectivity index (χ1) is 7.29. The molecule has 0 fully saturated rings. The first-order valence-corrected chi connectivity index (χ1v) is 5.57. The molecule has 0 aromatic heterocycles. The second kappa shape index (κ2) is 4.86. The van der Waals surface area contributed by atoms with Crippen LogP contribution in [0.15, 0.2) is 30.3 Å². The van der Waals surface area contributed by atoms with Crippen LogP contribution in [0.3, 0.4) is 0 Å². The van der Waals surface area contributed by atoms with Gasteiger partial charge in [-0.05, 0) is 12.1 Å². The molecule has 0 spiro atoms. The Balaban J connectivity index is 2.56. The van der Waals surface area contributed by atoms with Gasteiger partial charge in [0.1, 0.15) is 5.75 Å². The lowest BCUT2D eigenvalue weighted by molar-refractivity contribution is -0.156. The maximum absolute atomic E-state index is 11.7. The van der Waals surface area contributed by atoms with E-state index in [0.717, 1.165) is 0 Å². The second-order valence-corrected chi connectivity index (χ2v) is 4.14. The van der Waals surface area contributed by atoms with Gasteiger partial charge in [0.25, 0.3) is 0 Å². The molecule has 16 heavy (non-hydrogen) atoms. The topological polar surface area (TPSA) is 55.8 Å². The molecular weight excluding hydrogens is 248 g/mol. The number of halogens is 3. The minimum absolute atomic E-state index is 0.0458. The Hall–Kier alpha value is -1.04. The van der Waals surface area contributed by atoms with Crippen molar-refractivity contribution in [2.75, 3.05) is 6.61 Å². The Kier molecular flexibility index (Phi) is 3.96. The predicted octanol–water partition coefficient (Wildman–Crippen LogP) is 2.74. The summed E-state index contributed by atoms with van der Waals surface area (Å²) in [7, 11) is -4.73. The fraction of sp³-hybridized carbons (Fsp3) is 0.250. The van der Waals surface area contributed by atoms with Crippen molar-refractivity contribution >= 4 is 7.82 Å². The largest absolute Gasteiger partial charge is 0.527 e. The maximum Gasteiger partial charge on any atom is 0.527 e. The summed E-state index contributed by atoms with van der Waals surface area (Å²) in [5.74, 6) is -0.0458. The summed E-state index contributed by atoms with van der Waals surface area (Å²) in [5.41, 5.74) is 0. The van der Waals surface area contributed by atoms with Crippen molar-refractivity contribution in [2.24, 2.45) is 0 Å². The summed E-state index contributed by atoms with van der Waals surface area (Å²) in [6.07, 6.45) is -4.68. The molecule has 0 aliphatic rings. The first kappa shape index (κ1) is 13.0. The van der Waals surface area contributed by atoms with Gasteiger partial charge in [-0.1, -0.05) is 18.2 Å². The molecule has 0 saturated carbocycles. The molecule has 1 aromatic carbocycles. The number of benzene rings is 1. The number of hydrogen-bond acceptors (Lipinski definition) is 3. The van der Waals surface area contributed by atoms with E-state index in [1.54, 1.807) is 6.07 Å². The lowest BCUT2D eigenvalue weighted by atomic mass is 10.3. The Morgan fingerprint density at radius 2 is 1.81 bits per heavy atom. The van der Waals surface area contributed by atoms with Gasteiger partial charge in [0.2, 0.25) is 0 Å². The van der Waals surface area contributed by atoms with Gasteiger partial charge in [-0.3, -0.25) is 9.42 Å². The van der Waals surface area contributed by atoms with Gasteiger partial charge in [0.05, 0.1) is 0 Å². The molecule has 0 amide bonds. The van der Waals surface area contributed by atoms with Crippen LogP contribution in [0.4, 0.5) is 13.2 Å². The molecular formula is C8H8F3O4P. The number of para-hydroxylation sites is 1. The molecule has 0 heterocycles. The standard InChI is InChI=1S/C8H8F3O4P/c9-8(10,11)6-14-16(12,13)15-7-4-2-1-3-5-7/h1-5H,6H2,(H,12,13). The molecule has 8 heteroatoms. The zero-order valence-corrected chi connectivity index (χ0v) is 8.74. The molecule has 1 rings (SSSR count). The highest BCUT2D eigenvalue weighted by atomic mass is 31.2. The molecule has 1 atom stereocenters. The van der Waals surface area contributed by atoms with Gasteiger partial charge in [-0.15, -0.1) is 0 Å². The Labute approximate surface area is 89.2 Å². The van der Waals surface area contributed by atoms with Crippen LogP contribution in [0.25, 0.3) is 0 Å². The minimum atomic E-state index is -4.73. The van der Waals surface area contributed by atoms with Crippen molar-refractivity contribution in [3.8, 4) is 5.75 Å². The smallest absolute Gasteiger partial charge is 0.404 e. The highest BCUT2D eigenvalue weighted by Crippen LogP contribution is 2.44. The van der Waals surface area contributed by atoms with E-state index in [4.69, 9.17) is 4.89 Å². The molecule has 4 nitrogen and oxygen atoms in total. The SMILES string of the molecule is O=P(O)(OCC(F)(F)F)Oc1ccccc1. The summed E-state index contributed by atoms with van der Waals surface area (Å²) in [6, 6.07) is 7.25. The lowest BCUT2D eigenvalue weighted by Gasteiger charge is -2.13. The van der Waals surface area contributed by atoms with Gasteiger partial charge in [-0.25, -0.2) is 4.57 Å². The molecule has 0 saturated heterocycles. The van der Waals surface area contributed by atoms with Gasteiger partial charge in [0.15, 0.2) is 6.61 Å². The Bertz CT molecular complexity index is 379. The maximum atomic E-state index is 11.7. The van der Waals surface area contributed by atoms with Crippen molar-refractivity contribution in [1.29, 1.82) is 0 Å². The summed E-state index contributed by atoms with van der Waals surface area (Å²) in [4.78, 5) is 8.94. The number of alkyl halides is 3. The van der Waals surface area contributed by atoms with E-state index in [9.17, 15) is 17.7 Å². The highest BCUT2D eigenvalue weighted by molar-refractivity contribution is 7.47. The van der Waals surface area contributed by atoms with Crippen LogP contribution in [0, 0.1) is 0 Å². The zero-order chi connectivity index (χ0) is 12.2. The second-order valence-electron chi connectivity index (χ2n) is 2.76. The van der Waals surface area contributed by atoms with Gasteiger partial charge >= 0.3 is 14.0 Å². The van der Waals surface area contributed by atoms with Crippen molar-refractivity contribution in [3.05, 3.63) is 30.3 Å². The van der Waals surface area contributed by atoms with E-state index in [2.05, 4.69) is 9.05 Å². The molecule has 0 bridgehead atoms. The fourth-order valence-corrected chi connectivity index (χ4v) is 1.55. The predicted molar refractivity (Wildman–Crippen MR) is 48.9 cm³/mol. The third-order valence-electron chi connectivity index (χ3n) is 1.36. The van der Waals surface area contributed by atoms with Crippen LogP contribution in [0.5, 0.6) is 5.75 Å². The number of phosphoric acid groups is 1. The third kappa shape index (κ3) is 5.16. The van der Waals surface area contributed by atoms with E-state index >= 15 is 0 Å². The van der Waals surface area contributed by atoms with Crippen molar-refractivity contribution in [1.82, 2.24) is 0 Å². The third-order valence-corrected chi connectivity index (χ3v) is 2.25. The van der Waals surface area contributed by atoms with E-state index in [1.165, 1.54) is 24.3 Å². The number of phosphoric ester groups is 1. The molecule has 90 valence electrons. The lowest BCUT2D eigenvalue weighted by Crippen LogP contribution is -2.16. The van der Waals surface area contributed by atoms with Crippen molar-refractivity contribution in [3.63, 3.8) is 0 Å². The highest BCUT2D eigenvalue weighted by Gasteiger charge is 2.34. The quantitative estimate of drug-likeness (QED) is 0.841. The molecule has 1 unspecified atom stereocenters. The summed E-state index contributed by atoms with van der Waals surface area (Å²) >= 11 is 0. The van der Waals surface area contributed by atoms with Crippen LogP contribution in [-0.2, 0) is 9.09 Å². The van der Waals surface area contributed by atoms with Crippen molar-refractivity contribution in [2.45, 2.75) is 6.18 Å². The molecule has 1 aromatic rings. The number of hydrogen-bond donors (Lipinski definition) is 1. The van der Waals surface area contributed by atoms with Crippen LogP contribution in [0.2, 0.25) is 0 Å². The monoisotopic (exact) mass is 256 g/mol. The van der Waals surface area contributed by atoms with Crippen LogP contribution in [-0.4, -0.2) is 17.7 Å². The van der Waals surface area contributed by atoms with E-state index < -0.39 is 20.6 Å². The zero-order valence-electron chi connectivity index (χ0n) is 7.85. The minimum Gasteiger partial charge on any atom is -0.404 e.